The lowest BCUT2D eigenvalue weighted by Crippen LogP contribution is -2.17. The number of fused-ring (bicyclic) bond motifs is 1. The number of amides is 1. The summed E-state index contributed by atoms with van der Waals surface area (Å²) in [7, 11) is 1.87. The number of aryl methyl sites for hydroxylation is 1. The molecule has 0 aliphatic carbocycles. The maximum Gasteiger partial charge on any atom is 0.273 e. The van der Waals surface area contributed by atoms with Crippen LogP contribution in [0.15, 0.2) is 53.8 Å². The molecule has 0 unspecified atom stereocenters. The van der Waals surface area contributed by atoms with Crippen LogP contribution in [-0.2, 0) is 7.05 Å². The van der Waals surface area contributed by atoms with Gasteiger partial charge < -0.3 is 14.8 Å². The van der Waals surface area contributed by atoms with Crippen molar-refractivity contribution in [1.82, 2.24) is 9.99 Å². The van der Waals surface area contributed by atoms with Gasteiger partial charge in [-0.3, -0.25) is 4.79 Å². The Kier molecular flexibility index (Phi) is 3.72. The summed E-state index contributed by atoms with van der Waals surface area (Å²) in [6.45, 7) is 0. The molecule has 3 aromatic rings. The molecule has 1 amide bonds. The first-order valence-corrected chi connectivity index (χ1v) is 6.95. The highest BCUT2D eigenvalue weighted by atomic mass is 16.3. The van der Waals surface area contributed by atoms with Crippen LogP contribution in [0.1, 0.15) is 15.9 Å². The van der Waals surface area contributed by atoms with E-state index < -0.39 is 0 Å². The number of phenolic OH excluding ortho intramolecular Hbond substituents is 2. The summed E-state index contributed by atoms with van der Waals surface area (Å²) in [5, 5.41) is 23.6. The van der Waals surface area contributed by atoms with Crippen LogP contribution in [0.25, 0.3) is 10.9 Å². The van der Waals surface area contributed by atoms with Crippen LogP contribution in [-0.4, -0.2) is 26.9 Å². The molecule has 0 saturated heterocycles. The van der Waals surface area contributed by atoms with Crippen molar-refractivity contribution in [2.24, 2.45) is 12.1 Å². The van der Waals surface area contributed by atoms with Crippen molar-refractivity contribution >= 4 is 23.0 Å². The van der Waals surface area contributed by atoms with Crippen molar-refractivity contribution in [3.05, 3.63) is 59.8 Å². The Labute approximate surface area is 132 Å². The topological polar surface area (TPSA) is 86.9 Å². The summed E-state index contributed by atoms with van der Waals surface area (Å²) in [4.78, 5) is 12.3. The zero-order chi connectivity index (χ0) is 16.4. The van der Waals surface area contributed by atoms with E-state index in [9.17, 15) is 15.0 Å². The van der Waals surface area contributed by atoms with E-state index in [0.29, 0.717) is 11.1 Å². The SMILES string of the molecule is Cn1cc(C(=O)N/N=C\c2ccc(O)cc2O)c2ccccc21. The molecule has 6 nitrogen and oxygen atoms in total. The molecule has 0 aliphatic rings. The second-order valence-corrected chi connectivity index (χ2v) is 5.11. The summed E-state index contributed by atoms with van der Waals surface area (Å²) in [6, 6.07) is 11.7. The number of hydrogen-bond acceptors (Lipinski definition) is 4. The second-order valence-electron chi connectivity index (χ2n) is 5.11. The van der Waals surface area contributed by atoms with Gasteiger partial charge in [0.25, 0.3) is 5.91 Å². The van der Waals surface area contributed by atoms with Gasteiger partial charge in [-0.1, -0.05) is 18.2 Å². The first kappa shape index (κ1) is 14.6. The monoisotopic (exact) mass is 309 g/mol. The summed E-state index contributed by atoms with van der Waals surface area (Å²) in [5.74, 6) is -0.496. The standard InChI is InChI=1S/C17H15N3O3/c1-20-10-14(13-4-2-3-5-15(13)20)17(23)19-18-9-11-6-7-12(21)8-16(11)22/h2-10,21-22H,1H3,(H,19,23)/b18-9-. The largest absolute Gasteiger partial charge is 0.508 e. The number of carbonyl (C=O) groups is 1. The molecule has 1 aromatic heterocycles. The number of benzene rings is 2. The lowest BCUT2D eigenvalue weighted by atomic mass is 10.2. The van der Waals surface area contributed by atoms with Crippen molar-refractivity contribution in [3.63, 3.8) is 0 Å². The third-order valence-electron chi connectivity index (χ3n) is 3.53. The highest BCUT2D eigenvalue weighted by Crippen LogP contribution is 2.21. The Morgan fingerprint density at radius 3 is 2.78 bits per heavy atom. The van der Waals surface area contributed by atoms with Gasteiger partial charge in [-0.15, -0.1) is 0 Å². The molecule has 3 rings (SSSR count). The number of rotatable bonds is 3. The normalized spacial score (nSPS) is 11.2. The molecule has 0 atom stereocenters. The minimum absolute atomic E-state index is 0.0422. The Hall–Kier alpha value is -3.28. The summed E-state index contributed by atoms with van der Waals surface area (Å²) >= 11 is 0. The molecule has 1 heterocycles. The van der Waals surface area contributed by atoms with E-state index in [0.717, 1.165) is 10.9 Å². The minimum atomic E-state index is -0.337. The summed E-state index contributed by atoms with van der Waals surface area (Å²) < 4.78 is 1.87. The quantitative estimate of drug-likeness (QED) is 0.513. The molecule has 0 radical (unpaired) electrons. The molecular weight excluding hydrogens is 294 g/mol. The fraction of sp³-hybridized carbons (Fsp3) is 0.0588. The third kappa shape index (κ3) is 2.87. The second kappa shape index (κ2) is 5.84. The van der Waals surface area contributed by atoms with Crippen molar-refractivity contribution in [3.8, 4) is 11.5 Å². The predicted octanol–water partition coefficient (Wildman–Crippen LogP) is 2.35. The van der Waals surface area contributed by atoms with Gasteiger partial charge in [0.05, 0.1) is 11.8 Å². The number of nitrogens with one attached hydrogen (secondary N) is 1. The third-order valence-corrected chi connectivity index (χ3v) is 3.53. The van der Waals surface area contributed by atoms with Crippen LogP contribution in [0.5, 0.6) is 11.5 Å². The molecule has 0 aliphatic heterocycles. The lowest BCUT2D eigenvalue weighted by Gasteiger charge is -2.00. The molecule has 3 N–H and O–H groups in total. The number of aromatic nitrogens is 1. The van der Waals surface area contributed by atoms with Gasteiger partial charge in [-0.05, 0) is 18.2 Å². The van der Waals surface area contributed by atoms with E-state index in [-0.39, 0.29) is 17.4 Å². The Balaban J connectivity index is 1.80. The maximum absolute atomic E-state index is 12.3. The summed E-state index contributed by atoms with van der Waals surface area (Å²) in [6.07, 6.45) is 3.06. The number of nitrogens with zero attached hydrogens (tertiary/aromatic N) is 2. The number of hydrazone groups is 1. The number of para-hydroxylation sites is 1. The van der Waals surface area contributed by atoms with E-state index in [4.69, 9.17) is 0 Å². The zero-order valence-electron chi connectivity index (χ0n) is 12.4. The van der Waals surface area contributed by atoms with Crippen LogP contribution < -0.4 is 5.43 Å². The Morgan fingerprint density at radius 2 is 2.00 bits per heavy atom. The van der Waals surface area contributed by atoms with Gasteiger partial charge in [0.2, 0.25) is 0 Å². The van der Waals surface area contributed by atoms with Gasteiger partial charge in [-0.25, -0.2) is 5.43 Å². The van der Waals surface area contributed by atoms with E-state index in [1.165, 1.54) is 24.4 Å². The van der Waals surface area contributed by atoms with Gasteiger partial charge >= 0.3 is 0 Å². The molecule has 0 saturated carbocycles. The first-order chi connectivity index (χ1) is 11.1. The Bertz CT molecular complexity index is 913. The van der Waals surface area contributed by atoms with Crippen LogP contribution in [0, 0.1) is 0 Å². The zero-order valence-corrected chi connectivity index (χ0v) is 12.4. The minimum Gasteiger partial charge on any atom is -0.508 e. The van der Waals surface area contributed by atoms with Gasteiger partial charge in [0.15, 0.2) is 0 Å². The van der Waals surface area contributed by atoms with Gasteiger partial charge in [-0.2, -0.15) is 5.10 Å². The molecule has 116 valence electrons. The number of carbonyl (C=O) groups excluding carboxylic acids is 1. The van der Waals surface area contributed by atoms with Crippen molar-refractivity contribution in [2.75, 3.05) is 0 Å². The highest BCUT2D eigenvalue weighted by Gasteiger charge is 2.12. The number of phenols is 2. The van der Waals surface area contributed by atoms with Crippen LogP contribution >= 0.6 is 0 Å². The van der Waals surface area contributed by atoms with E-state index in [2.05, 4.69) is 10.5 Å². The van der Waals surface area contributed by atoms with E-state index >= 15 is 0 Å². The average Bonchev–Trinajstić information content (AvgIpc) is 2.87. The average molecular weight is 309 g/mol. The molecule has 2 aromatic carbocycles. The van der Waals surface area contributed by atoms with Gasteiger partial charge in [0, 0.05) is 35.8 Å². The molecule has 6 heteroatoms. The molecule has 0 bridgehead atoms. The fourth-order valence-electron chi connectivity index (χ4n) is 2.38. The van der Waals surface area contributed by atoms with Crippen molar-refractivity contribution in [2.45, 2.75) is 0 Å². The maximum atomic E-state index is 12.3. The van der Waals surface area contributed by atoms with Crippen LogP contribution in [0.3, 0.4) is 0 Å². The Morgan fingerprint density at radius 1 is 1.22 bits per heavy atom. The molecule has 0 fully saturated rings. The number of aromatic hydroxyl groups is 2. The molecule has 23 heavy (non-hydrogen) atoms. The van der Waals surface area contributed by atoms with E-state index in [1.54, 1.807) is 6.20 Å². The van der Waals surface area contributed by atoms with Gasteiger partial charge in [0.1, 0.15) is 11.5 Å². The lowest BCUT2D eigenvalue weighted by molar-refractivity contribution is 0.0956. The highest BCUT2D eigenvalue weighted by molar-refractivity contribution is 6.07. The smallest absolute Gasteiger partial charge is 0.273 e. The van der Waals surface area contributed by atoms with Crippen molar-refractivity contribution in [1.29, 1.82) is 0 Å². The molecule has 0 spiro atoms. The van der Waals surface area contributed by atoms with Crippen LogP contribution in [0.2, 0.25) is 0 Å². The first-order valence-electron chi connectivity index (χ1n) is 6.95. The summed E-state index contributed by atoms with van der Waals surface area (Å²) in [5.41, 5.74) is 4.31. The van der Waals surface area contributed by atoms with E-state index in [1.807, 2.05) is 35.9 Å². The van der Waals surface area contributed by atoms with Crippen molar-refractivity contribution < 1.29 is 15.0 Å². The van der Waals surface area contributed by atoms with Crippen LogP contribution in [0.4, 0.5) is 0 Å². The fourth-order valence-corrected chi connectivity index (χ4v) is 2.38. The number of hydrogen-bond donors (Lipinski definition) is 3. The predicted molar refractivity (Wildman–Crippen MR) is 87.8 cm³/mol. The molecular formula is C17H15N3O3.